The molecule has 0 spiro atoms. The van der Waals surface area contributed by atoms with Crippen LogP contribution < -0.4 is 4.74 Å². The number of carbonyl (C=O) groups excluding carboxylic acids is 1. The molecule has 4 heteroatoms. The maximum Gasteiger partial charge on any atom is 0.348 e. The van der Waals surface area contributed by atoms with Crippen LogP contribution in [0.5, 0.6) is 17.2 Å². The number of aryl methyl sites for hydroxylation is 2. The number of fused-ring (bicyclic) bond motifs is 1. The minimum absolute atomic E-state index is 0.00134. The van der Waals surface area contributed by atoms with E-state index in [-0.39, 0.29) is 22.8 Å². The zero-order valence-electron chi connectivity index (χ0n) is 34.0. The Morgan fingerprint density at radius 1 is 0.472 bits per heavy atom. The highest BCUT2D eigenvalue weighted by Gasteiger charge is 2.22. The Morgan fingerprint density at radius 3 is 1.36 bits per heavy atom. The molecule has 2 N–H and O–H groups in total. The van der Waals surface area contributed by atoms with Gasteiger partial charge in [-0.05, 0) is 59.7 Å². The van der Waals surface area contributed by atoms with Gasteiger partial charge in [0.15, 0.2) is 11.5 Å². The molecule has 0 fully saturated rings. The lowest BCUT2D eigenvalue weighted by Gasteiger charge is -2.15. The molecule has 0 aliphatic rings. The van der Waals surface area contributed by atoms with Gasteiger partial charge in [0.2, 0.25) is 0 Å². The van der Waals surface area contributed by atoms with Crippen molar-refractivity contribution in [3.05, 3.63) is 65.2 Å². The van der Waals surface area contributed by atoms with Crippen LogP contribution in [0.3, 0.4) is 0 Å². The van der Waals surface area contributed by atoms with Crippen LogP contribution in [0.4, 0.5) is 0 Å². The van der Waals surface area contributed by atoms with Gasteiger partial charge < -0.3 is 14.9 Å². The first kappa shape index (κ1) is 44.4. The van der Waals surface area contributed by atoms with Gasteiger partial charge in [0, 0.05) is 0 Å². The summed E-state index contributed by atoms with van der Waals surface area (Å²) in [6, 6.07) is 15.1. The molecule has 4 nitrogen and oxygen atoms in total. The number of phenols is 2. The molecule has 0 amide bonds. The normalized spacial score (nSPS) is 11.4. The van der Waals surface area contributed by atoms with Crippen molar-refractivity contribution in [1.29, 1.82) is 0 Å². The van der Waals surface area contributed by atoms with Gasteiger partial charge in [-0.1, -0.05) is 217 Å². The first-order valence-electron chi connectivity index (χ1n) is 22.3. The molecule has 0 aliphatic carbocycles. The largest absolute Gasteiger partial charge is 0.507 e. The second-order valence-electron chi connectivity index (χ2n) is 15.8. The summed E-state index contributed by atoms with van der Waals surface area (Å²) >= 11 is 0. The Morgan fingerprint density at radius 2 is 0.887 bits per heavy atom. The SMILES string of the molecule is CCCCCCCCCCCCCCCCc1cccc(OC(=O)c2c(O)c(CCCCCCCCCCCCCCCC)cc3ccccc23)c1O. The van der Waals surface area contributed by atoms with Crippen LogP contribution >= 0.6 is 0 Å². The fourth-order valence-corrected chi connectivity index (χ4v) is 7.81. The van der Waals surface area contributed by atoms with Gasteiger partial charge >= 0.3 is 5.97 Å². The van der Waals surface area contributed by atoms with Crippen molar-refractivity contribution < 1.29 is 19.7 Å². The van der Waals surface area contributed by atoms with Crippen LogP contribution in [0, 0.1) is 0 Å². The second-order valence-corrected chi connectivity index (χ2v) is 15.8. The number of carbonyl (C=O) groups is 1. The van der Waals surface area contributed by atoms with Crippen LogP contribution in [0.1, 0.15) is 215 Å². The van der Waals surface area contributed by atoms with Gasteiger partial charge in [-0.3, -0.25) is 0 Å². The molecule has 0 bridgehead atoms. The summed E-state index contributed by atoms with van der Waals surface area (Å²) in [7, 11) is 0. The van der Waals surface area contributed by atoms with Crippen molar-refractivity contribution in [2.45, 2.75) is 206 Å². The molecule has 0 radical (unpaired) electrons. The predicted molar refractivity (Wildman–Crippen MR) is 227 cm³/mol. The Hall–Kier alpha value is -3.01. The van der Waals surface area contributed by atoms with Crippen LogP contribution in [0.25, 0.3) is 10.8 Å². The summed E-state index contributed by atoms with van der Waals surface area (Å²) in [6.45, 7) is 4.55. The third-order valence-electron chi connectivity index (χ3n) is 11.2. The number of hydrogen-bond donors (Lipinski definition) is 2. The fourth-order valence-electron chi connectivity index (χ4n) is 7.81. The zero-order chi connectivity index (χ0) is 37.8. The first-order chi connectivity index (χ1) is 26.1. The van der Waals surface area contributed by atoms with Crippen molar-refractivity contribution in [3.63, 3.8) is 0 Å². The van der Waals surface area contributed by atoms with Crippen LogP contribution in [-0.4, -0.2) is 16.2 Å². The zero-order valence-corrected chi connectivity index (χ0v) is 34.0. The van der Waals surface area contributed by atoms with E-state index in [1.165, 1.54) is 154 Å². The minimum atomic E-state index is -0.634. The van der Waals surface area contributed by atoms with E-state index in [0.29, 0.717) is 5.39 Å². The maximum atomic E-state index is 13.7. The van der Waals surface area contributed by atoms with Crippen molar-refractivity contribution in [2.75, 3.05) is 0 Å². The van der Waals surface area contributed by atoms with Gasteiger partial charge in [0.25, 0.3) is 0 Å². The standard InChI is InChI=1S/C49H76O4/c1-3-5-7-9-11-13-15-17-19-21-23-25-27-29-34-41-37-33-39-45(47(41)50)53-49(52)46-44-38-32-31-35-42(44)40-43(48(46)51)36-30-28-26-24-22-20-18-16-14-12-10-8-6-4-2/h31-33,35,37-40,50-51H,3-30,34,36H2,1-2H3. The average molecular weight is 729 g/mol. The molecule has 3 aromatic carbocycles. The lowest BCUT2D eigenvalue weighted by atomic mass is 9.96. The van der Waals surface area contributed by atoms with Crippen molar-refractivity contribution >= 4 is 16.7 Å². The molecule has 0 saturated carbocycles. The van der Waals surface area contributed by atoms with E-state index in [2.05, 4.69) is 13.8 Å². The molecule has 296 valence electrons. The van der Waals surface area contributed by atoms with E-state index >= 15 is 0 Å². The van der Waals surface area contributed by atoms with Gasteiger partial charge in [-0.25, -0.2) is 4.79 Å². The number of phenolic OH excluding ortho intramolecular Hbond substituents is 2. The summed E-state index contributed by atoms with van der Waals surface area (Å²) in [5.41, 5.74) is 1.76. The van der Waals surface area contributed by atoms with E-state index in [1.54, 1.807) is 6.07 Å². The number of unbranched alkanes of at least 4 members (excludes halogenated alkanes) is 26. The van der Waals surface area contributed by atoms with Crippen molar-refractivity contribution in [2.24, 2.45) is 0 Å². The number of esters is 1. The van der Waals surface area contributed by atoms with Crippen molar-refractivity contribution in [1.82, 2.24) is 0 Å². The highest BCUT2D eigenvalue weighted by Crippen LogP contribution is 2.36. The first-order valence-corrected chi connectivity index (χ1v) is 22.3. The van der Waals surface area contributed by atoms with Crippen LogP contribution in [0.15, 0.2) is 48.5 Å². The number of hydrogen-bond acceptors (Lipinski definition) is 4. The number of para-hydroxylation sites is 1. The summed E-state index contributed by atoms with van der Waals surface area (Å²) < 4.78 is 5.82. The average Bonchev–Trinajstić information content (AvgIpc) is 3.16. The Balaban J connectivity index is 1.40. The third kappa shape index (κ3) is 17.8. The monoisotopic (exact) mass is 729 g/mol. The lowest BCUT2D eigenvalue weighted by Crippen LogP contribution is -2.11. The van der Waals surface area contributed by atoms with E-state index in [1.807, 2.05) is 42.5 Å². The van der Waals surface area contributed by atoms with Crippen molar-refractivity contribution in [3.8, 4) is 17.2 Å². The molecule has 0 saturated heterocycles. The fraction of sp³-hybridized carbons (Fsp3) is 0.653. The Kier molecular flexibility index (Phi) is 23.8. The van der Waals surface area contributed by atoms with E-state index in [9.17, 15) is 15.0 Å². The number of rotatable bonds is 32. The smallest absolute Gasteiger partial charge is 0.348 e. The predicted octanol–water partition coefficient (Wildman–Crippen LogP) is 15.5. The highest BCUT2D eigenvalue weighted by molar-refractivity contribution is 6.08. The molecule has 3 rings (SSSR count). The Labute approximate surface area is 324 Å². The van der Waals surface area contributed by atoms with Gasteiger partial charge in [-0.2, -0.15) is 0 Å². The van der Waals surface area contributed by atoms with E-state index in [0.717, 1.165) is 55.0 Å². The summed E-state index contributed by atoms with van der Waals surface area (Å²) in [6.07, 6.45) is 38.0. The summed E-state index contributed by atoms with van der Waals surface area (Å²) in [4.78, 5) is 13.7. The highest BCUT2D eigenvalue weighted by atomic mass is 16.5. The maximum absolute atomic E-state index is 13.7. The Bertz CT molecular complexity index is 1390. The summed E-state index contributed by atoms with van der Waals surface area (Å²) in [5, 5.41) is 24.1. The molecule has 53 heavy (non-hydrogen) atoms. The quantitative estimate of drug-likeness (QED) is 0.0381. The lowest BCUT2D eigenvalue weighted by molar-refractivity contribution is 0.0728. The van der Waals surface area contributed by atoms with Gasteiger partial charge in [0.05, 0.1) is 0 Å². The number of aromatic hydroxyl groups is 2. The molecule has 0 unspecified atom stereocenters. The van der Waals surface area contributed by atoms with E-state index < -0.39 is 5.97 Å². The molecule has 0 heterocycles. The topological polar surface area (TPSA) is 66.8 Å². The molecule has 0 aliphatic heterocycles. The van der Waals surface area contributed by atoms with E-state index in [4.69, 9.17) is 4.74 Å². The van der Waals surface area contributed by atoms with Crippen LogP contribution in [0.2, 0.25) is 0 Å². The second kappa shape index (κ2) is 28.4. The molecule has 0 aromatic heterocycles. The molecule has 0 atom stereocenters. The summed E-state index contributed by atoms with van der Waals surface area (Å²) in [5.74, 6) is -0.455. The van der Waals surface area contributed by atoms with Gasteiger partial charge in [-0.15, -0.1) is 0 Å². The van der Waals surface area contributed by atoms with Crippen LogP contribution in [-0.2, 0) is 12.8 Å². The molecule has 3 aromatic rings. The van der Waals surface area contributed by atoms with Gasteiger partial charge in [0.1, 0.15) is 11.3 Å². The number of benzene rings is 3. The number of ether oxygens (including phenoxy) is 1. The molecular weight excluding hydrogens is 653 g/mol. The molecular formula is C49H76O4. The minimum Gasteiger partial charge on any atom is -0.507 e. The third-order valence-corrected chi connectivity index (χ3v) is 11.2.